The van der Waals surface area contributed by atoms with E-state index in [9.17, 15) is 4.39 Å². The normalized spacial score (nSPS) is 9.73. The second kappa shape index (κ2) is 3.37. The molecular weight excluding hydrogens is 230 g/mol. The number of hydrogen-bond donors (Lipinski definition) is 0. The summed E-state index contributed by atoms with van der Waals surface area (Å²) in [7, 11) is 0. The summed E-state index contributed by atoms with van der Waals surface area (Å²) in [4.78, 5) is 0. The van der Waals surface area contributed by atoms with Crippen LogP contribution >= 0.6 is 27.5 Å². The molecule has 0 saturated carbocycles. The molecule has 0 bridgehead atoms. The molecule has 58 valence electrons. The van der Waals surface area contributed by atoms with Crippen LogP contribution in [-0.2, 0) is 0 Å². The van der Waals surface area contributed by atoms with E-state index in [4.69, 9.17) is 11.6 Å². The lowest BCUT2D eigenvalue weighted by molar-refractivity contribution is 0.628. The Morgan fingerprint density at radius 1 is 1.55 bits per heavy atom. The first-order valence-corrected chi connectivity index (χ1v) is 4.08. The minimum Gasteiger partial charge on any atom is -0.207 e. The Balaban J connectivity index is 3.20. The Morgan fingerprint density at radius 3 is 2.64 bits per heavy atom. The van der Waals surface area contributed by atoms with Gasteiger partial charge in [-0.25, -0.2) is 4.39 Å². The molecule has 3 heteroatoms. The molecule has 0 aliphatic heterocycles. The van der Waals surface area contributed by atoms with Crippen LogP contribution in [0.2, 0.25) is 5.02 Å². The van der Waals surface area contributed by atoms with Gasteiger partial charge in [-0.2, -0.15) is 0 Å². The smallest absolute Gasteiger partial charge is 0.124 e. The van der Waals surface area contributed by atoms with Crippen LogP contribution in [0, 0.1) is 5.82 Å². The number of hydrogen-bond acceptors (Lipinski definition) is 0. The van der Waals surface area contributed by atoms with Gasteiger partial charge in [0, 0.05) is 10.0 Å². The molecule has 0 aromatic heterocycles. The Kier molecular flexibility index (Phi) is 2.68. The van der Waals surface area contributed by atoms with Crippen LogP contribution in [0.3, 0.4) is 0 Å². The molecule has 0 fully saturated rings. The summed E-state index contributed by atoms with van der Waals surface area (Å²) >= 11 is 8.85. The van der Waals surface area contributed by atoms with Crippen molar-refractivity contribution in [1.82, 2.24) is 0 Å². The zero-order valence-electron chi connectivity index (χ0n) is 5.57. The van der Waals surface area contributed by atoms with Crippen LogP contribution in [0.1, 0.15) is 5.56 Å². The van der Waals surface area contributed by atoms with Gasteiger partial charge in [0.2, 0.25) is 0 Å². The van der Waals surface area contributed by atoms with Crippen molar-refractivity contribution >= 4 is 32.0 Å². The zero-order valence-corrected chi connectivity index (χ0v) is 7.91. The molecule has 0 unspecified atom stereocenters. The molecule has 1 rings (SSSR count). The van der Waals surface area contributed by atoms with Crippen LogP contribution < -0.4 is 0 Å². The van der Waals surface area contributed by atoms with Crippen molar-refractivity contribution < 1.29 is 4.39 Å². The van der Waals surface area contributed by atoms with Gasteiger partial charge in [0.15, 0.2) is 0 Å². The topological polar surface area (TPSA) is 0 Å². The Morgan fingerprint density at radius 2 is 2.18 bits per heavy atom. The summed E-state index contributed by atoms with van der Waals surface area (Å²) in [6.45, 7) is 3.63. The van der Waals surface area contributed by atoms with Crippen molar-refractivity contribution in [2.45, 2.75) is 0 Å². The standard InChI is InChI=1S/C8H5BrClF/c1-5(9)7-3-2-6(11)4-8(7)10/h2-4H,1H2. The second-order valence-corrected chi connectivity index (χ2v) is 3.39. The van der Waals surface area contributed by atoms with Crippen LogP contribution in [0.4, 0.5) is 4.39 Å². The van der Waals surface area contributed by atoms with E-state index in [0.29, 0.717) is 15.1 Å². The summed E-state index contributed by atoms with van der Waals surface area (Å²) in [5.41, 5.74) is 0.716. The highest BCUT2D eigenvalue weighted by molar-refractivity contribution is 9.15. The van der Waals surface area contributed by atoms with Gasteiger partial charge in [0.1, 0.15) is 5.82 Å². The van der Waals surface area contributed by atoms with Crippen molar-refractivity contribution in [1.29, 1.82) is 0 Å². The third-order valence-corrected chi connectivity index (χ3v) is 1.96. The van der Waals surface area contributed by atoms with Gasteiger partial charge in [0.05, 0.1) is 5.02 Å². The zero-order chi connectivity index (χ0) is 8.43. The lowest BCUT2D eigenvalue weighted by Crippen LogP contribution is -1.79. The van der Waals surface area contributed by atoms with Gasteiger partial charge < -0.3 is 0 Å². The molecule has 0 atom stereocenters. The molecule has 11 heavy (non-hydrogen) atoms. The second-order valence-electron chi connectivity index (χ2n) is 2.03. The first kappa shape index (κ1) is 8.75. The highest BCUT2D eigenvalue weighted by Crippen LogP contribution is 2.26. The summed E-state index contributed by atoms with van der Waals surface area (Å²) in [6.07, 6.45) is 0. The number of halogens is 3. The van der Waals surface area contributed by atoms with Crippen LogP contribution in [-0.4, -0.2) is 0 Å². The lowest BCUT2D eigenvalue weighted by Gasteiger charge is -2.00. The maximum absolute atomic E-state index is 12.5. The minimum absolute atomic E-state index is 0.340. The van der Waals surface area contributed by atoms with Crippen LogP contribution in [0.5, 0.6) is 0 Å². The molecule has 0 radical (unpaired) electrons. The quantitative estimate of drug-likeness (QED) is 0.694. The first-order chi connectivity index (χ1) is 5.11. The van der Waals surface area contributed by atoms with E-state index >= 15 is 0 Å². The summed E-state index contributed by atoms with van der Waals surface area (Å²) in [5.74, 6) is -0.340. The van der Waals surface area contributed by atoms with Crippen molar-refractivity contribution in [2.75, 3.05) is 0 Å². The van der Waals surface area contributed by atoms with E-state index in [1.54, 1.807) is 6.07 Å². The van der Waals surface area contributed by atoms with Crippen molar-refractivity contribution in [2.24, 2.45) is 0 Å². The van der Waals surface area contributed by atoms with Crippen molar-refractivity contribution in [3.8, 4) is 0 Å². The molecule has 0 aliphatic rings. The predicted octanol–water partition coefficient (Wildman–Crippen LogP) is 3.84. The molecular formula is C8H5BrClF. The average Bonchev–Trinajstić information content (AvgIpc) is 1.85. The maximum Gasteiger partial charge on any atom is 0.124 e. The van der Waals surface area contributed by atoms with E-state index in [-0.39, 0.29) is 5.82 Å². The van der Waals surface area contributed by atoms with E-state index in [2.05, 4.69) is 22.5 Å². The molecule has 0 saturated heterocycles. The molecule has 0 amide bonds. The SMILES string of the molecule is C=C(Br)c1ccc(F)cc1Cl. The fourth-order valence-electron chi connectivity index (χ4n) is 0.709. The monoisotopic (exact) mass is 234 g/mol. The van der Waals surface area contributed by atoms with Gasteiger partial charge in [-0.1, -0.05) is 34.1 Å². The summed E-state index contributed by atoms with van der Waals surface area (Å²) < 4.78 is 13.1. The molecule has 0 N–H and O–H groups in total. The van der Waals surface area contributed by atoms with Crippen molar-refractivity contribution in [3.63, 3.8) is 0 Å². The van der Waals surface area contributed by atoms with Gasteiger partial charge in [0.25, 0.3) is 0 Å². The fourth-order valence-corrected chi connectivity index (χ4v) is 1.45. The van der Waals surface area contributed by atoms with Gasteiger partial charge in [-0.3, -0.25) is 0 Å². The fraction of sp³-hybridized carbons (Fsp3) is 0. The van der Waals surface area contributed by atoms with Gasteiger partial charge in [-0.05, 0) is 18.2 Å². The van der Waals surface area contributed by atoms with E-state index in [1.165, 1.54) is 12.1 Å². The van der Waals surface area contributed by atoms with Gasteiger partial charge in [-0.15, -0.1) is 0 Å². The minimum atomic E-state index is -0.340. The van der Waals surface area contributed by atoms with Crippen molar-refractivity contribution in [3.05, 3.63) is 41.2 Å². The Hall–Kier alpha value is -0.340. The number of rotatable bonds is 1. The Labute approximate surface area is 77.8 Å². The summed E-state index contributed by atoms with van der Waals surface area (Å²) in [6, 6.07) is 4.17. The Bertz CT molecular complexity index is 296. The lowest BCUT2D eigenvalue weighted by atomic mass is 10.2. The van der Waals surface area contributed by atoms with E-state index < -0.39 is 0 Å². The molecule has 1 aromatic rings. The van der Waals surface area contributed by atoms with E-state index in [1.807, 2.05) is 0 Å². The van der Waals surface area contributed by atoms with Crippen LogP contribution in [0.25, 0.3) is 4.48 Å². The third-order valence-electron chi connectivity index (χ3n) is 1.22. The first-order valence-electron chi connectivity index (χ1n) is 2.91. The predicted molar refractivity (Wildman–Crippen MR) is 49.4 cm³/mol. The largest absolute Gasteiger partial charge is 0.207 e. The highest BCUT2D eigenvalue weighted by atomic mass is 79.9. The maximum atomic E-state index is 12.5. The van der Waals surface area contributed by atoms with E-state index in [0.717, 1.165) is 0 Å². The van der Waals surface area contributed by atoms with Gasteiger partial charge >= 0.3 is 0 Å². The molecule has 0 aliphatic carbocycles. The average molecular weight is 235 g/mol. The molecule has 0 nitrogen and oxygen atoms in total. The number of benzene rings is 1. The molecule has 0 heterocycles. The summed E-state index contributed by atoms with van der Waals surface area (Å²) in [5, 5.41) is 0.367. The third kappa shape index (κ3) is 2.04. The molecule has 1 aromatic carbocycles. The highest BCUT2D eigenvalue weighted by Gasteiger charge is 2.02. The molecule has 0 spiro atoms. The van der Waals surface area contributed by atoms with Crippen LogP contribution in [0.15, 0.2) is 24.8 Å².